The van der Waals surface area contributed by atoms with E-state index in [1.54, 1.807) is 4.90 Å². The Kier molecular flexibility index (Phi) is 3.96. The van der Waals surface area contributed by atoms with Gasteiger partial charge in [-0.15, -0.1) is 0 Å². The van der Waals surface area contributed by atoms with E-state index >= 15 is 0 Å². The minimum atomic E-state index is -3.17. The summed E-state index contributed by atoms with van der Waals surface area (Å²) >= 11 is 4.75. The summed E-state index contributed by atoms with van der Waals surface area (Å²) in [6.07, 6.45) is 1.13. The van der Waals surface area contributed by atoms with Crippen molar-refractivity contribution >= 4 is 26.4 Å². The molecular weight excluding hydrogens is 182 g/mol. The number of nitrogens with zero attached hydrogens (tertiary/aromatic N) is 1. The van der Waals surface area contributed by atoms with Crippen molar-refractivity contribution in [1.82, 2.24) is 4.90 Å². The van der Waals surface area contributed by atoms with E-state index in [9.17, 15) is 8.42 Å². The maximum absolute atomic E-state index is 10.9. The van der Waals surface area contributed by atoms with Crippen LogP contribution in [0.3, 0.4) is 0 Å². The van der Waals surface area contributed by atoms with E-state index in [1.807, 2.05) is 13.8 Å². The quantitative estimate of drug-likeness (QED) is 0.607. The molecule has 0 aliphatic carbocycles. The van der Waals surface area contributed by atoms with Gasteiger partial charge in [0.1, 0.15) is 0 Å². The average molecular weight is 195 g/mol. The molecular formula is C6H13NO2S2. The van der Waals surface area contributed by atoms with Gasteiger partial charge in [0.05, 0.1) is 0 Å². The average Bonchev–Trinajstić information content (AvgIpc) is 1.88. The van der Waals surface area contributed by atoms with Crippen molar-refractivity contribution in [2.45, 2.75) is 13.8 Å². The molecule has 0 heterocycles. The molecule has 0 unspecified atom stereocenters. The third-order valence-electron chi connectivity index (χ3n) is 1.34. The molecule has 0 saturated heterocycles. The lowest BCUT2D eigenvalue weighted by Gasteiger charge is -2.19. The second-order valence-corrected chi connectivity index (χ2v) is 4.79. The van der Waals surface area contributed by atoms with Crippen molar-refractivity contribution in [2.24, 2.45) is 0 Å². The van der Waals surface area contributed by atoms with Crippen LogP contribution in [0.1, 0.15) is 13.8 Å². The normalized spacial score (nSPS) is 11.2. The third kappa shape index (κ3) is 3.16. The van der Waals surface area contributed by atoms with Crippen LogP contribution in [0, 0.1) is 0 Å². The summed E-state index contributed by atoms with van der Waals surface area (Å²) in [5, 5.41) is 0. The molecule has 0 atom stereocenters. The second-order valence-electron chi connectivity index (χ2n) is 2.21. The van der Waals surface area contributed by atoms with Crippen molar-refractivity contribution in [2.75, 3.05) is 19.3 Å². The van der Waals surface area contributed by atoms with E-state index < -0.39 is 9.84 Å². The predicted octanol–water partition coefficient (Wildman–Crippen LogP) is 0.658. The molecule has 0 aromatic rings. The molecule has 0 bridgehead atoms. The molecule has 5 heteroatoms. The minimum Gasteiger partial charge on any atom is -0.354 e. The van der Waals surface area contributed by atoms with Crippen molar-refractivity contribution in [3.63, 3.8) is 0 Å². The number of hydrogen-bond donors (Lipinski definition) is 0. The Morgan fingerprint density at radius 1 is 1.36 bits per heavy atom. The molecule has 66 valence electrons. The maximum atomic E-state index is 10.9. The Labute approximate surface area is 73.3 Å². The molecule has 0 amide bonds. The van der Waals surface area contributed by atoms with Crippen LogP contribution in [-0.4, -0.2) is 37.0 Å². The SMILES string of the molecule is CCN(CC)C(=S)S(C)(=O)=O. The zero-order valence-corrected chi connectivity index (χ0v) is 8.63. The summed E-state index contributed by atoms with van der Waals surface area (Å²) < 4.78 is 21.9. The second kappa shape index (κ2) is 4.01. The van der Waals surface area contributed by atoms with E-state index in [2.05, 4.69) is 0 Å². The molecule has 0 aliphatic heterocycles. The molecule has 0 saturated carbocycles. The fourth-order valence-corrected chi connectivity index (χ4v) is 1.70. The Hall–Kier alpha value is -0.160. The van der Waals surface area contributed by atoms with Gasteiger partial charge in [-0.2, -0.15) is 0 Å². The lowest BCUT2D eigenvalue weighted by atomic mass is 10.6. The minimum absolute atomic E-state index is 0.0440. The van der Waals surface area contributed by atoms with Crippen molar-refractivity contribution in [3.8, 4) is 0 Å². The highest BCUT2D eigenvalue weighted by Crippen LogP contribution is 1.98. The molecule has 0 fully saturated rings. The largest absolute Gasteiger partial charge is 0.354 e. The van der Waals surface area contributed by atoms with Gasteiger partial charge in [0.2, 0.25) is 9.84 Å². The van der Waals surface area contributed by atoms with Gasteiger partial charge < -0.3 is 4.90 Å². The van der Waals surface area contributed by atoms with E-state index in [0.29, 0.717) is 13.1 Å². The molecule has 0 spiro atoms. The number of hydrogen-bond acceptors (Lipinski definition) is 3. The molecule has 0 aromatic heterocycles. The summed E-state index contributed by atoms with van der Waals surface area (Å²) in [5.41, 5.74) is 0. The molecule has 0 aliphatic rings. The van der Waals surface area contributed by atoms with Gasteiger partial charge in [-0.05, 0) is 26.1 Å². The van der Waals surface area contributed by atoms with Crippen LogP contribution in [-0.2, 0) is 9.84 Å². The van der Waals surface area contributed by atoms with Gasteiger partial charge in [-0.3, -0.25) is 0 Å². The monoisotopic (exact) mass is 195 g/mol. The highest BCUT2D eigenvalue weighted by atomic mass is 32.2. The van der Waals surface area contributed by atoms with Gasteiger partial charge >= 0.3 is 0 Å². The highest BCUT2D eigenvalue weighted by molar-refractivity contribution is 8.16. The van der Waals surface area contributed by atoms with Crippen molar-refractivity contribution in [1.29, 1.82) is 0 Å². The number of thiocarbonyl (C=S) groups is 1. The van der Waals surface area contributed by atoms with Gasteiger partial charge in [-0.1, -0.05) is 0 Å². The molecule has 0 N–H and O–H groups in total. The third-order valence-corrected chi connectivity index (χ3v) is 3.40. The van der Waals surface area contributed by atoms with Crippen LogP contribution in [0.2, 0.25) is 0 Å². The zero-order chi connectivity index (χ0) is 9.07. The summed E-state index contributed by atoms with van der Waals surface area (Å²) in [5.74, 6) is 0. The van der Waals surface area contributed by atoms with Crippen LogP contribution >= 0.6 is 12.2 Å². The summed E-state index contributed by atoms with van der Waals surface area (Å²) in [6.45, 7) is 5.03. The first-order chi connectivity index (χ1) is 4.93. The standard InChI is InChI=1S/C6H13NO2S2/c1-4-7(5-2)6(10)11(3,8)9/h4-5H2,1-3H3. The van der Waals surface area contributed by atoms with E-state index in [0.717, 1.165) is 6.26 Å². The summed E-state index contributed by atoms with van der Waals surface area (Å²) in [4.78, 5) is 1.64. The van der Waals surface area contributed by atoms with Crippen LogP contribution in [0.4, 0.5) is 0 Å². The Morgan fingerprint density at radius 2 is 1.73 bits per heavy atom. The topological polar surface area (TPSA) is 37.4 Å². The number of rotatable bonds is 2. The van der Waals surface area contributed by atoms with Crippen LogP contribution in [0.5, 0.6) is 0 Å². The first kappa shape index (κ1) is 10.8. The van der Waals surface area contributed by atoms with Gasteiger partial charge in [0.15, 0.2) is 4.32 Å². The van der Waals surface area contributed by atoms with Crippen LogP contribution in [0.15, 0.2) is 0 Å². The Morgan fingerprint density at radius 3 is 1.82 bits per heavy atom. The molecule has 11 heavy (non-hydrogen) atoms. The Balaban J connectivity index is 4.48. The fourth-order valence-electron chi connectivity index (χ4n) is 0.716. The lowest BCUT2D eigenvalue weighted by Crippen LogP contribution is -2.34. The maximum Gasteiger partial charge on any atom is 0.201 e. The first-order valence-electron chi connectivity index (χ1n) is 3.42. The van der Waals surface area contributed by atoms with Crippen LogP contribution in [0.25, 0.3) is 0 Å². The van der Waals surface area contributed by atoms with Gasteiger partial charge in [0.25, 0.3) is 0 Å². The van der Waals surface area contributed by atoms with Gasteiger partial charge in [0, 0.05) is 19.3 Å². The zero-order valence-electron chi connectivity index (χ0n) is 6.99. The van der Waals surface area contributed by atoms with Crippen molar-refractivity contribution in [3.05, 3.63) is 0 Å². The predicted molar refractivity (Wildman–Crippen MR) is 50.4 cm³/mol. The smallest absolute Gasteiger partial charge is 0.201 e. The molecule has 0 rings (SSSR count). The van der Waals surface area contributed by atoms with Crippen molar-refractivity contribution < 1.29 is 8.42 Å². The van der Waals surface area contributed by atoms with E-state index in [4.69, 9.17) is 12.2 Å². The Bertz CT molecular complexity index is 229. The van der Waals surface area contributed by atoms with Gasteiger partial charge in [-0.25, -0.2) is 8.42 Å². The summed E-state index contributed by atoms with van der Waals surface area (Å²) in [7, 11) is -3.17. The van der Waals surface area contributed by atoms with Crippen LogP contribution < -0.4 is 0 Å². The summed E-state index contributed by atoms with van der Waals surface area (Å²) in [6, 6.07) is 0. The molecule has 0 aromatic carbocycles. The molecule has 3 nitrogen and oxygen atoms in total. The fraction of sp³-hybridized carbons (Fsp3) is 0.833. The van der Waals surface area contributed by atoms with E-state index in [1.165, 1.54) is 0 Å². The first-order valence-corrected chi connectivity index (χ1v) is 5.72. The highest BCUT2D eigenvalue weighted by Gasteiger charge is 2.15. The molecule has 0 radical (unpaired) electrons. The van der Waals surface area contributed by atoms with E-state index in [-0.39, 0.29) is 4.32 Å². The lowest BCUT2D eigenvalue weighted by molar-refractivity contribution is 0.477. The number of sulfone groups is 1.